The molecule has 31 heavy (non-hydrogen) atoms. The van der Waals surface area contributed by atoms with Crippen LogP contribution in [0.4, 0.5) is 0 Å². The zero-order chi connectivity index (χ0) is 21.6. The first-order valence-electron chi connectivity index (χ1n) is 10.3. The lowest BCUT2D eigenvalue weighted by molar-refractivity contribution is 0.288. The summed E-state index contributed by atoms with van der Waals surface area (Å²) in [7, 11) is 0. The van der Waals surface area contributed by atoms with Crippen molar-refractivity contribution in [3.63, 3.8) is 0 Å². The normalized spacial score (nSPS) is 10.9. The van der Waals surface area contributed by atoms with Crippen LogP contribution in [-0.4, -0.2) is 29.4 Å². The Morgan fingerprint density at radius 2 is 1.74 bits per heavy atom. The second-order valence-corrected chi connectivity index (χ2v) is 7.64. The average Bonchev–Trinajstić information content (AvgIpc) is 3.22. The number of rotatable bonds is 9. The summed E-state index contributed by atoms with van der Waals surface area (Å²) >= 11 is 1.40. The van der Waals surface area contributed by atoms with E-state index in [4.69, 9.17) is 14.2 Å². The molecule has 0 amide bonds. The highest BCUT2D eigenvalue weighted by Gasteiger charge is 2.15. The molecule has 0 bridgehead atoms. The van der Waals surface area contributed by atoms with Gasteiger partial charge >= 0.3 is 0 Å². The smallest absolute Gasteiger partial charge is 0.271 e. The van der Waals surface area contributed by atoms with Crippen molar-refractivity contribution in [2.75, 3.05) is 19.8 Å². The molecule has 2 aromatic carbocycles. The van der Waals surface area contributed by atoms with Gasteiger partial charge in [0.15, 0.2) is 11.5 Å². The maximum absolute atomic E-state index is 13.0. The van der Waals surface area contributed by atoms with Crippen LogP contribution in [-0.2, 0) is 6.54 Å². The first-order valence-corrected chi connectivity index (χ1v) is 11.1. The Kier molecular flexibility index (Phi) is 6.52. The molecule has 0 fully saturated rings. The Balaban J connectivity index is 1.59. The number of nitrogens with zero attached hydrogens (tertiary/aromatic N) is 2. The highest BCUT2D eigenvalue weighted by atomic mass is 32.1. The first kappa shape index (κ1) is 20.9. The van der Waals surface area contributed by atoms with E-state index in [1.165, 1.54) is 11.3 Å². The Morgan fingerprint density at radius 1 is 0.968 bits per heavy atom. The molecule has 0 saturated heterocycles. The van der Waals surface area contributed by atoms with Gasteiger partial charge in [0.1, 0.15) is 17.1 Å². The summed E-state index contributed by atoms with van der Waals surface area (Å²) < 4.78 is 19.3. The second-order valence-electron chi connectivity index (χ2n) is 6.76. The predicted molar refractivity (Wildman–Crippen MR) is 124 cm³/mol. The Labute approximate surface area is 184 Å². The minimum atomic E-state index is -0.0612. The third-order valence-electron chi connectivity index (χ3n) is 4.74. The quantitative estimate of drug-likeness (QED) is 0.369. The standard InChI is InChI=1S/C24H24N2O4S/c1-3-28-20-11-10-17(14-21(20)29-4-2)19-15-31-23-22(19)25-16-26(24(23)27)12-13-30-18-8-6-5-7-9-18/h5-11,14-16H,3-4,12-13H2,1-2H3. The van der Waals surface area contributed by atoms with Crippen LogP contribution in [0.15, 0.2) is 65.0 Å². The minimum Gasteiger partial charge on any atom is -0.492 e. The molecule has 0 aliphatic rings. The molecular formula is C24H24N2O4S. The highest BCUT2D eigenvalue weighted by Crippen LogP contribution is 2.36. The van der Waals surface area contributed by atoms with Crippen LogP contribution in [0.3, 0.4) is 0 Å². The summed E-state index contributed by atoms with van der Waals surface area (Å²) in [6.45, 7) is 5.81. The number of fused-ring (bicyclic) bond motifs is 1. The number of aromatic nitrogens is 2. The van der Waals surface area contributed by atoms with Gasteiger partial charge in [-0.1, -0.05) is 24.3 Å². The monoisotopic (exact) mass is 436 g/mol. The molecule has 0 atom stereocenters. The van der Waals surface area contributed by atoms with Crippen molar-refractivity contribution >= 4 is 21.6 Å². The van der Waals surface area contributed by atoms with Gasteiger partial charge in [0, 0.05) is 10.9 Å². The highest BCUT2D eigenvalue weighted by molar-refractivity contribution is 7.17. The van der Waals surface area contributed by atoms with E-state index < -0.39 is 0 Å². The molecule has 2 heterocycles. The van der Waals surface area contributed by atoms with Crippen LogP contribution >= 0.6 is 11.3 Å². The number of hydrogen-bond donors (Lipinski definition) is 0. The summed E-state index contributed by atoms with van der Waals surface area (Å²) in [4.78, 5) is 17.5. The molecule has 0 aliphatic heterocycles. The predicted octanol–water partition coefficient (Wildman–Crippen LogP) is 5.00. The van der Waals surface area contributed by atoms with Gasteiger partial charge in [-0.25, -0.2) is 4.98 Å². The summed E-state index contributed by atoms with van der Waals surface area (Å²) in [5.41, 5.74) is 2.49. The second kappa shape index (κ2) is 9.66. The van der Waals surface area contributed by atoms with Gasteiger partial charge in [0.2, 0.25) is 0 Å². The van der Waals surface area contributed by atoms with Crippen molar-refractivity contribution in [2.45, 2.75) is 20.4 Å². The molecule has 2 aromatic heterocycles. The van der Waals surface area contributed by atoms with Crippen molar-refractivity contribution in [1.29, 1.82) is 0 Å². The Hall–Kier alpha value is -3.32. The molecule has 0 saturated carbocycles. The van der Waals surface area contributed by atoms with E-state index in [-0.39, 0.29) is 5.56 Å². The summed E-state index contributed by atoms with van der Waals surface area (Å²) in [5.74, 6) is 2.18. The van der Waals surface area contributed by atoms with E-state index in [1.807, 2.05) is 67.8 Å². The zero-order valence-electron chi connectivity index (χ0n) is 17.5. The summed E-state index contributed by atoms with van der Waals surface area (Å²) in [6.07, 6.45) is 1.59. The molecule has 160 valence electrons. The van der Waals surface area contributed by atoms with Crippen LogP contribution in [0.2, 0.25) is 0 Å². The molecule has 6 nitrogen and oxygen atoms in total. The molecule has 0 unspecified atom stereocenters. The van der Waals surface area contributed by atoms with Gasteiger partial charge in [0.25, 0.3) is 5.56 Å². The van der Waals surface area contributed by atoms with Crippen LogP contribution in [0.1, 0.15) is 13.8 Å². The summed E-state index contributed by atoms with van der Waals surface area (Å²) in [5, 5.41) is 1.97. The topological polar surface area (TPSA) is 62.6 Å². The van der Waals surface area contributed by atoms with Crippen LogP contribution < -0.4 is 19.8 Å². The van der Waals surface area contributed by atoms with Gasteiger partial charge in [-0.3, -0.25) is 9.36 Å². The fourth-order valence-electron chi connectivity index (χ4n) is 3.30. The van der Waals surface area contributed by atoms with Crippen molar-refractivity contribution in [3.05, 3.63) is 70.6 Å². The fraction of sp³-hybridized carbons (Fsp3) is 0.250. The Bertz CT molecular complexity index is 1220. The van der Waals surface area contributed by atoms with Crippen molar-refractivity contribution in [3.8, 4) is 28.4 Å². The largest absolute Gasteiger partial charge is 0.492 e. The lowest BCUT2D eigenvalue weighted by Crippen LogP contribution is -2.22. The minimum absolute atomic E-state index is 0.0612. The van der Waals surface area contributed by atoms with Crippen molar-refractivity contribution < 1.29 is 14.2 Å². The lowest BCUT2D eigenvalue weighted by Gasteiger charge is -2.12. The van der Waals surface area contributed by atoms with E-state index in [9.17, 15) is 4.79 Å². The van der Waals surface area contributed by atoms with Crippen LogP contribution in [0.5, 0.6) is 17.2 Å². The third-order valence-corrected chi connectivity index (χ3v) is 5.70. The summed E-state index contributed by atoms with van der Waals surface area (Å²) in [6, 6.07) is 15.4. The molecule has 0 radical (unpaired) electrons. The van der Waals surface area contributed by atoms with Crippen LogP contribution in [0.25, 0.3) is 21.3 Å². The first-order chi connectivity index (χ1) is 15.2. The van der Waals surface area contributed by atoms with Gasteiger partial charge in [-0.05, 0) is 43.7 Å². The van der Waals surface area contributed by atoms with E-state index >= 15 is 0 Å². The number of thiophene rings is 1. The van der Waals surface area contributed by atoms with Gasteiger partial charge in [-0.15, -0.1) is 11.3 Å². The molecule has 4 rings (SSSR count). The van der Waals surface area contributed by atoms with E-state index in [0.29, 0.717) is 48.1 Å². The fourth-order valence-corrected chi connectivity index (χ4v) is 4.28. The average molecular weight is 437 g/mol. The molecule has 0 N–H and O–H groups in total. The van der Waals surface area contributed by atoms with Crippen molar-refractivity contribution in [1.82, 2.24) is 9.55 Å². The lowest BCUT2D eigenvalue weighted by atomic mass is 10.1. The number of ether oxygens (including phenoxy) is 3. The molecular weight excluding hydrogens is 412 g/mol. The van der Waals surface area contributed by atoms with Gasteiger partial charge in [0.05, 0.1) is 31.6 Å². The number of benzene rings is 2. The molecule has 0 aliphatic carbocycles. The van der Waals surface area contributed by atoms with Crippen LogP contribution in [0, 0.1) is 0 Å². The number of para-hydroxylation sites is 1. The van der Waals surface area contributed by atoms with Gasteiger partial charge in [-0.2, -0.15) is 0 Å². The SMILES string of the molecule is CCOc1ccc(-c2csc3c(=O)n(CCOc4ccccc4)cnc23)cc1OCC. The Morgan fingerprint density at radius 3 is 2.52 bits per heavy atom. The molecule has 4 aromatic rings. The zero-order valence-corrected chi connectivity index (χ0v) is 18.4. The maximum Gasteiger partial charge on any atom is 0.271 e. The maximum atomic E-state index is 13.0. The van der Waals surface area contributed by atoms with E-state index in [2.05, 4.69) is 4.98 Å². The van der Waals surface area contributed by atoms with Gasteiger partial charge < -0.3 is 14.2 Å². The number of hydrogen-bond acceptors (Lipinski definition) is 6. The van der Waals surface area contributed by atoms with E-state index in [1.54, 1.807) is 10.9 Å². The third kappa shape index (κ3) is 4.56. The van der Waals surface area contributed by atoms with E-state index in [0.717, 1.165) is 16.9 Å². The molecule has 0 spiro atoms. The molecule has 7 heteroatoms. The van der Waals surface area contributed by atoms with Crippen molar-refractivity contribution in [2.24, 2.45) is 0 Å².